The van der Waals surface area contributed by atoms with Gasteiger partial charge < -0.3 is 9.47 Å². The zero-order valence-corrected chi connectivity index (χ0v) is 13.7. The van der Waals surface area contributed by atoms with Gasteiger partial charge in [-0.3, -0.25) is 5.32 Å². The van der Waals surface area contributed by atoms with Crippen LogP contribution in [0.2, 0.25) is 5.15 Å². The molecule has 1 aromatic heterocycles. The van der Waals surface area contributed by atoms with E-state index in [2.05, 4.69) is 10.3 Å². The molecule has 0 saturated heterocycles. The molecule has 0 saturated carbocycles. The standard InChI is InChI=1S/C15H19ClN2O4/c1-5-21-13(19)7-6-10-8-12(16)17-9-11(10)18-14(20)22-15(2,3)4/h6-9H,5H2,1-4H3,(H,18,20)/b7-6+. The Morgan fingerprint density at radius 2 is 2.09 bits per heavy atom. The Balaban J connectivity index is 2.91. The highest BCUT2D eigenvalue weighted by molar-refractivity contribution is 6.29. The summed E-state index contributed by atoms with van der Waals surface area (Å²) in [5.74, 6) is -0.487. The predicted octanol–water partition coefficient (Wildman–Crippen LogP) is 3.66. The van der Waals surface area contributed by atoms with Crippen molar-refractivity contribution in [3.8, 4) is 0 Å². The Hall–Kier alpha value is -2.08. The zero-order valence-electron chi connectivity index (χ0n) is 13.0. The first kappa shape index (κ1) is 18.0. The van der Waals surface area contributed by atoms with Gasteiger partial charge in [-0.05, 0) is 39.8 Å². The number of esters is 1. The molecule has 1 amide bonds. The van der Waals surface area contributed by atoms with Gasteiger partial charge in [-0.15, -0.1) is 0 Å². The summed E-state index contributed by atoms with van der Waals surface area (Å²) in [6.07, 6.45) is 3.49. The van der Waals surface area contributed by atoms with Crippen LogP contribution in [0.1, 0.15) is 33.3 Å². The van der Waals surface area contributed by atoms with Gasteiger partial charge in [0.05, 0.1) is 18.5 Å². The first-order valence-electron chi connectivity index (χ1n) is 6.71. The molecule has 0 radical (unpaired) electrons. The molecule has 0 aliphatic heterocycles. The smallest absolute Gasteiger partial charge is 0.412 e. The van der Waals surface area contributed by atoms with Crippen molar-refractivity contribution in [2.24, 2.45) is 0 Å². The van der Waals surface area contributed by atoms with Crippen LogP contribution < -0.4 is 5.32 Å². The quantitative estimate of drug-likeness (QED) is 0.519. The van der Waals surface area contributed by atoms with E-state index >= 15 is 0 Å². The van der Waals surface area contributed by atoms with E-state index in [0.29, 0.717) is 11.3 Å². The molecule has 7 heteroatoms. The third kappa shape index (κ3) is 6.58. The average molecular weight is 327 g/mol. The Morgan fingerprint density at radius 3 is 2.68 bits per heavy atom. The number of aromatic nitrogens is 1. The highest BCUT2D eigenvalue weighted by Crippen LogP contribution is 2.21. The van der Waals surface area contributed by atoms with E-state index in [9.17, 15) is 9.59 Å². The molecule has 0 spiro atoms. The fraction of sp³-hybridized carbons (Fsp3) is 0.400. The number of anilines is 1. The molecule has 6 nitrogen and oxygen atoms in total. The van der Waals surface area contributed by atoms with E-state index in [1.54, 1.807) is 27.7 Å². The molecule has 0 aliphatic carbocycles. The van der Waals surface area contributed by atoms with Crippen LogP contribution in [0.15, 0.2) is 18.3 Å². The highest BCUT2D eigenvalue weighted by atomic mass is 35.5. The predicted molar refractivity (Wildman–Crippen MR) is 84.8 cm³/mol. The molecule has 0 bridgehead atoms. The second-order valence-electron chi connectivity index (χ2n) is 5.31. The fourth-order valence-electron chi connectivity index (χ4n) is 1.45. The number of carbonyl (C=O) groups excluding carboxylic acids is 2. The first-order valence-corrected chi connectivity index (χ1v) is 7.09. The second-order valence-corrected chi connectivity index (χ2v) is 5.69. The van der Waals surface area contributed by atoms with Gasteiger partial charge in [0.2, 0.25) is 0 Å². The van der Waals surface area contributed by atoms with Gasteiger partial charge in [0.15, 0.2) is 0 Å². The molecular weight excluding hydrogens is 308 g/mol. The second kappa shape index (κ2) is 7.79. The lowest BCUT2D eigenvalue weighted by Gasteiger charge is -2.20. The number of rotatable bonds is 4. The van der Waals surface area contributed by atoms with Crippen molar-refractivity contribution in [3.63, 3.8) is 0 Å². The van der Waals surface area contributed by atoms with Crippen molar-refractivity contribution in [1.82, 2.24) is 4.98 Å². The summed E-state index contributed by atoms with van der Waals surface area (Å²) in [6, 6.07) is 1.52. The van der Waals surface area contributed by atoms with Gasteiger partial charge in [0.1, 0.15) is 10.8 Å². The molecule has 1 rings (SSSR count). The number of carbonyl (C=O) groups is 2. The third-order valence-corrected chi connectivity index (χ3v) is 2.43. The Kier molecular flexibility index (Phi) is 6.37. The van der Waals surface area contributed by atoms with Crippen LogP contribution in [-0.4, -0.2) is 29.3 Å². The van der Waals surface area contributed by atoms with Gasteiger partial charge in [-0.1, -0.05) is 11.6 Å². The van der Waals surface area contributed by atoms with E-state index in [-0.39, 0.29) is 11.8 Å². The summed E-state index contributed by atoms with van der Waals surface area (Å²) in [6.45, 7) is 7.27. The number of amides is 1. The normalized spacial score (nSPS) is 11.3. The average Bonchev–Trinajstić information content (AvgIpc) is 2.37. The maximum atomic E-state index is 11.8. The SMILES string of the molecule is CCOC(=O)/C=C/c1cc(Cl)ncc1NC(=O)OC(C)(C)C. The third-order valence-electron chi connectivity index (χ3n) is 2.22. The molecule has 0 atom stereocenters. The molecule has 1 heterocycles. The molecule has 0 aliphatic rings. The van der Waals surface area contributed by atoms with Gasteiger partial charge >= 0.3 is 12.1 Å². The molecule has 0 unspecified atom stereocenters. The van der Waals surface area contributed by atoms with Gasteiger partial charge in [0.25, 0.3) is 0 Å². The summed E-state index contributed by atoms with van der Waals surface area (Å²) in [5, 5.41) is 2.80. The molecule has 0 fully saturated rings. The molecule has 22 heavy (non-hydrogen) atoms. The van der Waals surface area contributed by atoms with Crippen LogP contribution in [0, 0.1) is 0 Å². The first-order chi connectivity index (χ1) is 10.2. The molecule has 1 N–H and O–H groups in total. The van der Waals surface area contributed by atoms with E-state index in [1.165, 1.54) is 24.4 Å². The Morgan fingerprint density at radius 1 is 1.41 bits per heavy atom. The molecule has 0 aromatic carbocycles. The van der Waals surface area contributed by atoms with Gasteiger partial charge in [-0.2, -0.15) is 0 Å². The van der Waals surface area contributed by atoms with Crippen molar-refractivity contribution in [2.75, 3.05) is 11.9 Å². The molecule has 120 valence electrons. The van der Waals surface area contributed by atoms with Crippen LogP contribution in [-0.2, 0) is 14.3 Å². The Bertz CT molecular complexity index is 579. The highest BCUT2D eigenvalue weighted by Gasteiger charge is 2.17. The maximum Gasteiger partial charge on any atom is 0.412 e. The molecular formula is C15H19ClN2O4. The minimum atomic E-state index is -0.623. The van der Waals surface area contributed by atoms with Crippen molar-refractivity contribution in [3.05, 3.63) is 29.1 Å². The lowest BCUT2D eigenvalue weighted by Crippen LogP contribution is -2.27. The zero-order chi connectivity index (χ0) is 16.8. The van der Waals surface area contributed by atoms with Crippen LogP contribution in [0.3, 0.4) is 0 Å². The summed E-state index contributed by atoms with van der Waals surface area (Å²) in [7, 11) is 0. The van der Waals surface area contributed by atoms with E-state index < -0.39 is 17.7 Å². The van der Waals surface area contributed by atoms with Crippen molar-refractivity contribution >= 4 is 35.4 Å². The Labute approximate surface area is 134 Å². The number of halogens is 1. The van der Waals surface area contributed by atoms with E-state index in [1.807, 2.05) is 0 Å². The van der Waals surface area contributed by atoms with Crippen LogP contribution >= 0.6 is 11.6 Å². The lowest BCUT2D eigenvalue weighted by atomic mass is 10.2. The van der Waals surface area contributed by atoms with Crippen LogP contribution in [0.4, 0.5) is 10.5 Å². The minimum absolute atomic E-state index is 0.234. The number of hydrogen-bond acceptors (Lipinski definition) is 5. The number of pyridine rings is 1. The van der Waals surface area contributed by atoms with Crippen molar-refractivity contribution < 1.29 is 19.1 Å². The van der Waals surface area contributed by atoms with Crippen LogP contribution in [0.5, 0.6) is 0 Å². The summed E-state index contributed by atoms with van der Waals surface area (Å²) < 4.78 is 9.96. The topological polar surface area (TPSA) is 77.5 Å². The van der Waals surface area contributed by atoms with E-state index in [0.717, 1.165) is 0 Å². The monoisotopic (exact) mass is 326 g/mol. The largest absolute Gasteiger partial charge is 0.463 e. The maximum absolute atomic E-state index is 11.8. The minimum Gasteiger partial charge on any atom is -0.463 e. The number of nitrogens with zero attached hydrogens (tertiary/aromatic N) is 1. The lowest BCUT2D eigenvalue weighted by molar-refractivity contribution is -0.137. The van der Waals surface area contributed by atoms with Crippen LogP contribution in [0.25, 0.3) is 6.08 Å². The van der Waals surface area contributed by atoms with Crippen molar-refractivity contribution in [1.29, 1.82) is 0 Å². The fourth-order valence-corrected chi connectivity index (χ4v) is 1.61. The number of nitrogens with one attached hydrogen (secondary N) is 1. The van der Waals surface area contributed by atoms with E-state index in [4.69, 9.17) is 21.1 Å². The van der Waals surface area contributed by atoms with Gasteiger partial charge in [0, 0.05) is 11.6 Å². The molecule has 1 aromatic rings. The summed E-state index contributed by atoms with van der Waals surface area (Å²) >= 11 is 5.83. The summed E-state index contributed by atoms with van der Waals surface area (Å²) in [5.41, 5.74) is 0.267. The van der Waals surface area contributed by atoms with Gasteiger partial charge in [-0.25, -0.2) is 14.6 Å². The number of hydrogen-bond donors (Lipinski definition) is 1. The van der Waals surface area contributed by atoms with Crippen molar-refractivity contribution in [2.45, 2.75) is 33.3 Å². The number of ether oxygens (including phenoxy) is 2. The summed E-state index contributed by atoms with van der Waals surface area (Å²) in [4.78, 5) is 27.0.